The van der Waals surface area contributed by atoms with Crippen LogP contribution in [0.25, 0.3) is 0 Å². The Morgan fingerprint density at radius 2 is 1.92 bits per heavy atom. The first-order chi connectivity index (χ1) is 5.48. The molecule has 0 heterocycles. The maximum absolute atomic E-state index is 11.0. The molecule has 0 rings (SSSR count). The predicted molar refractivity (Wildman–Crippen MR) is 45.2 cm³/mol. The van der Waals surface area contributed by atoms with Gasteiger partial charge in [-0.15, -0.1) is 0 Å². The molecule has 1 radical (unpaired) electrons. The molecule has 0 bridgehead atoms. The van der Waals surface area contributed by atoms with Crippen LogP contribution in [0.2, 0.25) is 0 Å². The molecular weight excluding hydrogens is 156 g/mol. The molecule has 0 aromatic carbocycles. The topological polar surface area (TPSA) is 46.2 Å². The minimum absolute atomic E-state index is 0.373. The van der Waals surface area contributed by atoms with Gasteiger partial charge in [-0.05, 0) is 20.3 Å². The Bertz CT molecular complexity index is 135. The number of unbranched alkanes of at least 4 members (excludes halogenated alkanes) is 2. The highest BCUT2D eigenvalue weighted by atomic mass is 16.5. The van der Waals surface area contributed by atoms with Gasteiger partial charge in [0.05, 0.1) is 6.61 Å². The second-order valence-corrected chi connectivity index (χ2v) is 3.35. The van der Waals surface area contributed by atoms with Gasteiger partial charge in [-0.3, -0.25) is 0 Å². The Labute approximate surface area is 73.7 Å². The normalized spacial score (nSPS) is 11.3. The number of carbonyl (C=O) groups is 1. The van der Waals surface area contributed by atoms with Gasteiger partial charge in [0.15, 0.2) is 5.60 Å². The summed E-state index contributed by atoms with van der Waals surface area (Å²) in [4.78, 5) is 10.9. The lowest BCUT2D eigenvalue weighted by molar-refractivity contribution is -0.168. The highest BCUT2D eigenvalue weighted by Gasteiger charge is 2.27. The molecule has 0 amide bonds. The van der Waals surface area contributed by atoms with Crippen LogP contribution in [-0.4, -0.2) is 18.2 Å². The second kappa shape index (κ2) is 5.14. The van der Waals surface area contributed by atoms with Gasteiger partial charge in [0.25, 0.3) is 0 Å². The van der Waals surface area contributed by atoms with Crippen LogP contribution in [-0.2, 0) is 14.6 Å². The van der Waals surface area contributed by atoms with Crippen molar-refractivity contribution in [2.75, 3.05) is 6.61 Å². The summed E-state index contributed by atoms with van der Waals surface area (Å²) in [6, 6.07) is 0. The summed E-state index contributed by atoms with van der Waals surface area (Å²) in [7, 11) is 0. The molecule has 0 saturated heterocycles. The van der Waals surface area contributed by atoms with E-state index in [0.717, 1.165) is 19.3 Å². The van der Waals surface area contributed by atoms with E-state index in [4.69, 9.17) is 4.74 Å². The number of carbonyl (C=O) groups excluding carboxylic acids is 1. The molecule has 3 nitrogen and oxygen atoms in total. The monoisotopic (exact) mass is 173 g/mol. The summed E-state index contributed by atoms with van der Waals surface area (Å²) in [6.45, 7) is 5.07. The fourth-order valence-corrected chi connectivity index (χ4v) is 0.691. The molecule has 0 saturated carbocycles. The van der Waals surface area contributed by atoms with Crippen molar-refractivity contribution < 1.29 is 14.6 Å². The van der Waals surface area contributed by atoms with Crippen LogP contribution in [0.3, 0.4) is 0 Å². The summed E-state index contributed by atoms with van der Waals surface area (Å²) < 4.78 is 4.76. The molecule has 0 aromatic rings. The Hall–Kier alpha value is -0.570. The van der Waals surface area contributed by atoms with Gasteiger partial charge < -0.3 is 4.74 Å². The molecule has 0 unspecified atom stereocenters. The lowest BCUT2D eigenvalue weighted by Crippen LogP contribution is -2.31. The van der Waals surface area contributed by atoms with Gasteiger partial charge in [0.2, 0.25) is 0 Å². The fourth-order valence-electron chi connectivity index (χ4n) is 0.691. The Morgan fingerprint density at radius 1 is 1.33 bits per heavy atom. The SMILES string of the molecule is CCCCCOC(=O)C(C)(C)[O]. The van der Waals surface area contributed by atoms with Gasteiger partial charge in [0.1, 0.15) is 0 Å². The van der Waals surface area contributed by atoms with Crippen LogP contribution in [0, 0.1) is 0 Å². The Kier molecular flexibility index (Phi) is 4.90. The molecule has 0 N–H and O–H groups in total. The van der Waals surface area contributed by atoms with Crippen molar-refractivity contribution in [1.29, 1.82) is 0 Å². The fraction of sp³-hybridized carbons (Fsp3) is 0.889. The van der Waals surface area contributed by atoms with Crippen molar-refractivity contribution in [3.63, 3.8) is 0 Å². The van der Waals surface area contributed by atoms with Crippen molar-refractivity contribution >= 4 is 5.97 Å². The molecule has 0 fully saturated rings. The van der Waals surface area contributed by atoms with Crippen LogP contribution in [0.15, 0.2) is 0 Å². The Balaban J connectivity index is 3.45. The number of ether oxygens (including phenoxy) is 1. The summed E-state index contributed by atoms with van der Waals surface area (Å²) >= 11 is 0. The minimum atomic E-state index is -1.60. The van der Waals surface area contributed by atoms with Crippen LogP contribution in [0.4, 0.5) is 0 Å². The van der Waals surface area contributed by atoms with Crippen molar-refractivity contribution in [3.05, 3.63) is 0 Å². The third kappa shape index (κ3) is 5.13. The first-order valence-electron chi connectivity index (χ1n) is 4.36. The molecule has 3 heteroatoms. The van der Waals surface area contributed by atoms with E-state index in [1.54, 1.807) is 0 Å². The maximum atomic E-state index is 11.0. The molecule has 71 valence electrons. The summed E-state index contributed by atoms with van der Waals surface area (Å²) in [5, 5.41) is 11.0. The molecule has 0 aliphatic heterocycles. The van der Waals surface area contributed by atoms with Gasteiger partial charge in [-0.1, -0.05) is 19.8 Å². The maximum Gasteiger partial charge on any atom is 0.341 e. The highest BCUT2D eigenvalue weighted by Crippen LogP contribution is 2.05. The molecule has 0 spiro atoms. The van der Waals surface area contributed by atoms with Gasteiger partial charge in [-0.25, -0.2) is 9.90 Å². The van der Waals surface area contributed by atoms with Crippen molar-refractivity contribution in [3.8, 4) is 0 Å². The average Bonchev–Trinajstić information content (AvgIpc) is 1.96. The zero-order valence-corrected chi connectivity index (χ0v) is 8.05. The number of esters is 1. The lowest BCUT2D eigenvalue weighted by Gasteiger charge is -2.12. The largest absolute Gasteiger partial charge is 0.463 e. The molecule has 12 heavy (non-hydrogen) atoms. The van der Waals surface area contributed by atoms with Crippen LogP contribution in [0.1, 0.15) is 40.0 Å². The van der Waals surface area contributed by atoms with E-state index in [9.17, 15) is 9.90 Å². The van der Waals surface area contributed by atoms with E-state index in [1.807, 2.05) is 0 Å². The standard InChI is InChI=1S/C9H17O3/c1-4-5-6-7-12-8(10)9(2,3)11/h4-7H2,1-3H3. The Morgan fingerprint density at radius 3 is 2.33 bits per heavy atom. The van der Waals surface area contributed by atoms with Crippen LogP contribution >= 0.6 is 0 Å². The molecule has 0 aliphatic rings. The summed E-state index contributed by atoms with van der Waals surface area (Å²) in [5.41, 5.74) is -1.60. The highest BCUT2D eigenvalue weighted by molar-refractivity contribution is 5.77. The van der Waals surface area contributed by atoms with E-state index in [1.165, 1.54) is 13.8 Å². The molecule has 0 aliphatic carbocycles. The summed E-state index contributed by atoms with van der Waals surface area (Å²) in [5.74, 6) is -0.654. The van der Waals surface area contributed by atoms with E-state index >= 15 is 0 Å². The third-order valence-electron chi connectivity index (χ3n) is 1.47. The van der Waals surface area contributed by atoms with Crippen LogP contribution in [0.5, 0.6) is 0 Å². The first kappa shape index (κ1) is 11.4. The predicted octanol–water partition coefficient (Wildman–Crippen LogP) is 1.93. The van der Waals surface area contributed by atoms with Crippen molar-refractivity contribution in [2.45, 2.75) is 45.6 Å². The first-order valence-corrected chi connectivity index (χ1v) is 4.36. The lowest BCUT2D eigenvalue weighted by atomic mass is 10.1. The van der Waals surface area contributed by atoms with E-state index < -0.39 is 11.6 Å². The summed E-state index contributed by atoms with van der Waals surface area (Å²) in [6.07, 6.45) is 2.96. The zero-order valence-electron chi connectivity index (χ0n) is 8.05. The van der Waals surface area contributed by atoms with E-state index in [0.29, 0.717) is 6.61 Å². The van der Waals surface area contributed by atoms with Crippen molar-refractivity contribution in [1.82, 2.24) is 0 Å². The molecular formula is C9H17O3. The van der Waals surface area contributed by atoms with Crippen molar-refractivity contribution in [2.24, 2.45) is 0 Å². The van der Waals surface area contributed by atoms with Crippen LogP contribution < -0.4 is 0 Å². The average molecular weight is 173 g/mol. The number of hydrogen-bond donors (Lipinski definition) is 0. The quantitative estimate of drug-likeness (QED) is 0.471. The van der Waals surface area contributed by atoms with Gasteiger partial charge >= 0.3 is 5.97 Å². The number of rotatable bonds is 5. The second-order valence-electron chi connectivity index (χ2n) is 3.35. The number of hydrogen-bond acceptors (Lipinski definition) is 2. The minimum Gasteiger partial charge on any atom is -0.463 e. The van der Waals surface area contributed by atoms with E-state index in [2.05, 4.69) is 6.92 Å². The molecule has 0 aromatic heterocycles. The van der Waals surface area contributed by atoms with Gasteiger partial charge in [-0.2, -0.15) is 0 Å². The smallest absolute Gasteiger partial charge is 0.341 e. The molecule has 0 atom stereocenters. The third-order valence-corrected chi connectivity index (χ3v) is 1.47. The zero-order chi connectivity index (χ0) is 9.61. The van der Waals surface area contributed by atoms with E-state index in [-0.39, 0.29) is 0 Å². The van der Waals surface area contributed by atoms with Gasteiger partial charge in [0, 0.05) is 0 Å².